The Bertz CT molecular complexity index is 302. The van der Waals surface area contributed by atoms with Gasteiger partial charge in [0.2, 0.25) is 5.22 Å². The molecule has 0 fully saturated rings. The van der Waals surface area contributed by atoms with Crippen LogP contribution in [0.1, 0.15) is 5.56 Å². The molecular formula is C5H4N6+. The van der Waals surface area contributed by atoms with Crippen molar-refractivity contribution in [2.24, 2.45) is 10.3 Å². The van der Waals surface area contributed by atoms with Gasteiger partial charge in [-0.25, -0.2) is 9.97 Å². The molecule has 0 unspecified atom stereocenters. The molecule has 1 aliphatic heterocycles. The number of aromatic nitrogens is 2. The van der Waals surface area contributed by atoms with E-state index in [9.17, 15) is 0 Å². The predicted molar refractivity (Wildman–Crippen MR) is 36.3 cm³/mol. The minimum absolute atomic E-state index is 0.575. The van der Waals surface area contributed by atoms with Gasteiger partial charge in [-0.2, -0.15) is 0 Å². The van der Waals surface area contributed by atoms with Crippen molar-refractivity contribution in [2.75, 3.05) is 0 Å². The fraction of sp³-hybridized carbons (Fsp3) is 0. The molecule has 6 heteroatoms. The molecule has 0 atom stereocenters. The Morgan fingerprint density at radius 1 is 1.27 bits per heavy atom. The molecule has 2 rings (SSSR count). The minimum Gasteiger partial charge on any atom is -0.244 e. The predicted octanol–water partition coefficient (Wildman–Crippen LogP) is -0.556. The van der Waals surface area contributed by atoms with Gasteiger partial charge in [-0.05, 0) is 0 Å². The van der Waals surface area contributed by atoms with Crippen molar-refractivity contribution >= 4 is 5.84 Å². The van der Waals surface area contributed by atoms with Crippen LogP contribution in [0.4, 0.5) is 0 Å². The van der Waals surface area contributed by atoms with Crippen LogP contribution in [-0.4, -0.2) is 15.8 Å². The molecule has 1 aliphatic rings. The molecule has 0 saturated heterocycles. The van der Waals surface area contributed by atoms with Gasteiger partial charge in [-0.1, -0.05) is 0 Å². The summed E-state index contributed by atoms with van der Waals surface area (Å²) in [5.41, 5.74) is 3.38. The third-order valence-corrected chi connectivity index (χ3v) is 1.18. The highest BCUT2D eigenvalue weighted by Crippen LogP contribution is 1.96. The first kappa shape index (κ1) is 5.90. The Balaban J connectivity index is 2.31. The highest BCUT2D eigenvalue weighted by Gasteiger charge is 2.16. The molecule has 0 aromatic carbocycles. The van der Waals surface area contributed by atoms with E-state index in [1.54, 1.807) is 12.4 Å². The van der Waals surface area contributed by atoms with Crippen molar-refractivity contribution in [3.8, 4) is 0 Å². The van der Waals surface area contributed by atoms with Crippen LogP contribution < -0.4 is 10.6 Å². The molecule has 0 aliphatic carbocycles. The van der Waals surface area contributed by atoms with E-state index in [1.165, 1.54) is 6.33 Å². The first-order valence-electron chi connectivity index (χ1n) is 2.96. The lowest BCUT2D eigenvalue weighted by Crippen LogP contribution is -2.21. The van der Waals surface area contributed by atoms with Gasteiger partial charge in [0.05, 0.1) is 5.56 Å². The average molecular weight is 148 g/mol. The van der Waals surface area contributed by atoms with Crippen molar-refractivity contribution in [1.29, 1.82) is 0 Å². The maximum Gasteiger partial charge on any atom is 0.319 e. The van der Waals surface area contributed by atoms with Crippen LogP contribution in [0.3, 0.4) is 0 Å². The topological polar surface area (TPSA) is 76.6 Å². The third-order valence-electron chi connectivity index (χ3n) is 1.18. The Morgan fingerprint density at radius 3 is 2.73 bits per heavy atom. The zero-order chi connectivity index (χ0) is 7.52. The van der Waals surface area contributed by atoms with Crippen LogP contribution in [0.15, 0.2) is 29.0 Å². The normalized spacial score (nSPS) is 14.4. The van der Waals surface area contributed by atoms with Crippen LogP contribution in [0.5, 0.6) is 0 Å². The largest absolute Gasteiger partial charge is 0.319 e. The van der Waals surface area contributed by atoms with E-state index in [-0.39, 0.29) is 0 Å². The molecule has 0 amide bonds. The number of hydrogen-bond donors (Lipinski definition) is 1. The Morgan fingerprint density at radius 2 is 2.09 bits per heavy atom. The van der Waals surface area contributed by atoms with E-state index < -0.39 is 0 Å². The summed E-state index contributed by atoms with van der Waals surface area (Å²) < 4.78 is 0. The average Bonchev–Trinajstić information content (AvgIpc) is 2.58. The molecule has 0 saturated carbocycles. The standard InChI is InChI=1S/C5H4N6/c1-4(2-7-3-6-1)5-8-10-11-9-5/h1-3H,(H,8,9,10)/q+1. The van der Waals surface area contributed by atoms with E-state index in [0.717, 1.165) is 5.56 Å². The van der Waals surface area contributed by atoms with Crippen LogP contribution in [0, 0.1) is 0 Å². The maximum absolute atomic E-state index is 3.81. The molecule has 1 aromatic heterocycles. The lowest BCUT2D eigenvalue weighted by atomic mass is 10.3. The smallest absolute Gasteiger partial charge is 0.244 e. The van der Waals surface area contributed by atoms with E-state index in [4.69, 9.17) is 0 Å². The molecule has 53 valence electrons. The highest BCUT2D eigenvalue weighted by atomic mass is 15.6. The van der Waals surface area contributed by atoms with E-state index in [2.05, 4.69) is 30.9 Å². The van der Waals surface area contributed by atoms with Gasteiger partial charge in [0, 0.05) is 12.4 Å². The monoisotopic (exact) mass is 148 g/mol. The fourth-order valence-corrected chi connectivity index (χ4v) is 0.703. The van der Waals surface area contributed by atoms with Gasteiger partial charge >= 0.3 is 5.84 Å². The number of amidine groups is 1. The van der Waals surface area contributed by atoms with Gasteiger partial charge in [-0.15, -0.1) is 5.43 Å². The number of rotatable bonds is 1. The Labute approximate surface area is 62.1 Å². The van der Waals surface area contributed by atoms with Crippen molar-refractivity contribution in [1.82, 2.24) is 20.6 Å². The number of hydrogen-bond acceptors (Lipinski definition) is 6. The van der Waals surface area contributed by atoms with E-state index in [1.807, 2.05) is 0 Å². The molecular weight excluding hydrogens is 144 g/mol. The molecule has 1 aromatic rings. The summed E-state index contributed by atoms with van der Waals surface area (Å²) >= 11 is 0. The molecule has 1 N–H and O–H groups in total. The molecule has 0 bridgehead atoms. The van der Waals surface area contributed by atoms with E-state index >= 15 is 0 Å². The summed E-state index contributed by atoms with van der Waals surface area (Å²) in [7, 11) is 0. The SMILES string of the molecule is c1ncc(C2=NN=[N+]N2)cn1. The Kier molecular flexibility index (Phi) is 1.29. The summed E-state index contributed by atoms with van der Waals surface area (Å²) in [4.78, 5) is 7.63. The summed E-state index contributed by atoms with van der Waals surface area (Å²) in [6.45, 7) is 0. The van der Waals surface area contributed by atoms with Gasteiger partial charge in [0.1, 0.15) is 11.4 Å². The van der Waals surface area contributed by atoms with Crippen molar-refractivity contribution < 1.29 is 0 Å². The molecule has 11 heavy (non-hydrogen) atoms. The van der Waals surface area contributed by atoms with Gasteiger partial charge < -0.3 is 0 Å². The van der Waals surface area contributed by atoms with Crippen LogP contribution in [-0.2, 0) is 0 Å². The second kappa shape index (κ2) is 2.41. The summed E-state index contributed by atoms with van der Waals surface area (Å²) in [5, 5.41) is 10.5. The fourth-order valence-electron chi connectivity index (χ4n) is 0.703. The number of nitrogens with zero attached hydrogens (tertiary/aromatic N) is 5. The third kappa shape index (κ3) is 1.05. The highest BCUT2D eigenvalue weighted by molar-refractivity contribution is 5.98. The molecule has 1 radical (unpaired) electrons. The minimum atomic E-state index is 0.575. The van der Waals surface area contributed by atoms with Gasteiger partial charge in [0.15, 0.2) is 5.22 Å². The van der Waals surface area contributed by atoms with Crippen LogP contribution >= 0.6 is 0 Å². The summed E-state index contributed by atoms with van der Waals surface area (Å²) in [6.07, 6.45) is 4.72. The zero-order valence-corrected chi connectivity index (χ0v) is 5.47. The zero-order valence-electron chi connectivity index (χ0n) is 5.47. The number of nitrogens with one attached hydrogen (secondary N) is 1. The van der Waals surface area contributed by atoms with E-state index in [0.29, 0.717) is 5.84 Å². The lowest BCUT2D eigenvalue weighted by molar-refractivity contribution is 0.818. The molecule has 0 spiro atoms. The van der Waals surface area contributed by atoms with Crippen molar-refractivity contribution in [3.05, 3.63) is 24.3 Å². The maximum atomic E-state index is 3.81. The molecule has 2 heterocycles. The van der Waals surface area contributed by atoms with Crippen molar-refractivity contribution in [3.63, 3.8) is 0 Å². The lowest BCUT2D eigenvalue weighted by Gasteiger charge is -1.87. The Hall–Kier alpha value is -1.85. The first-order valence-corrected chi connectivity index (χ1v) is 2.96. The van der Waals surface area contributed by atoms with Crippen LogP contribution in [0.25, 0.3) is 0 Å². The summed E-state index contributed by atoms with van der Waals surface area (Å²) in [6, 6.07) is 0. The van der Waals surface area contributed by atoms with Gasteiger partial charge in [0.25, 0.3) is 0 Å². The summed E-state index contributed by atoms with van der Waals surface area (Å²) in [5.74, 6) is 0.575. The second-order valence-corrected chi connectivity index (χ2v) is 1.88. The van der Waals surface area contributed by atoms with Crippen molar-refractivity contribution in [2.45, 2.75) is 0 Å². The quantitative estimate of drug-likeness (QED) is 0.580. The first-order chi connectivity index (χ1) is 5.47. The van der Waals surface area contributed by atoms with Crippen LogP contribution in [0.2, 0.25) is 0 Å². The second-order valence-electron chi connectivity index (χ2n) is 1.88. The van der Waals surface area contributed by atoms with Gasteiger partial charge in [-0.3, -0.25) is 0 Å². The molecule has 6 nitrogen and oxygen atoms in total.